The average molecular weight is 377 g/mol. The molecular formula is C19H27N3O5. The lowest BCUT2D eigenvalue weighted by Gasteiger charge is -2.37. The van der Waals surface area contributed by atoms with Gasteiger partial charge in [0.15, 0.2) is 11.5 Å². The Bertz CT molecular complexity index is 715. The summed E-state index contributed by atoms with van der Waals surface area (Å²) in [5, 5.41) is 28.7. The molecule has 8 nitrogen and oxygen atoms in total. The molecule has 0 aromatic heterocycles. The summed E-state index contributed by atoms with van der Waals surface area (Å²) in [7, 11) is 0. The smallest absolute Gasteiger partial charge is 0.231 e. The van der Waals surface area contributed by atoms with Crippen molar-refractivity contribution >= 4 is 0 Å². The number of fused-ring (bicyclic) bond motifs is 2. The highest BCUT2D eigenvalue weighted by Gasteiger charge is 2.56. The van der Waals surface area contributed by atoms with Crippen molar-refractivity contribution in [1.82, 2.24) is 15.5 Å². The Balaban J connectivity index is 1.33. The fraction of sp³-hybridized carbons (Fsp3) is 0.684. The predicted molar refractivity (Wildman–Crippen MR) is 96.2 cm³/mol. The van der Waals surface area contributed by atoms with Crippen LogP contribution in [0.25, 0.3) is 0 Å². The predicted octanol–water partition coefficient (Wildman–Crippen LogP) is -0.407. The van der Waals surface area contributed by atoms with Crippen LogP contribution in [0.1, 0.15) is 18.9 Å². The molecule has 4 N–H and O–H groups in total. The molecule has 1 aromatic carbocycles. The van der Waals surface area contributed by atoms with Gasteiger partial charge >= 0.3 is 0 Å². The first-order valence-corrected chi connectivity index (χ1v) is 9.68. The van der Waals surface area contributed by atoms with Crippen molar-refractivity contribution in [2.75, 3.05) is 26.6 Å². The third-order valence-electron chi connectivity index (χ3n) is 6.41. The van der Waals surface area contributed by atoms with Crippen LogP contribution in [0.5, 0.6) is 11.5 Å². The Morgan fingerprint density at radius 2 is 2.15 bits per heavy atom. The second kappa shape index (κ2) is 6.58. The fourth-order valence-electron chi connectivity index (χ4n) is 4.76. The van der Waals surface area contributed by atoms with Gasteiger partial charge in [-0.2, -0.15) is 0 Å². The van der Waals surface area contributed by atoms with Gasteiger partial charge in [0.2, 0.25) is 6.79 Å². The van der Waals surface area contributed by atoms with E-state index in [1.165, 1.54) is 0 Å². The summed E-state index contributed by atoms with van der Waals surface area (Å²) < 4.78 is 17.0. The van der Waals surface area contributed by atoms with Crippen LogP contribution in [0.3, 0.4) is 0 Å². The minimum absolute atomic E-state index is 0.172. The molecule has 0 bridgehead atoms. The van der Waals surface area contributed by atoms with E-state index in [1.807, 2.05) is 18.2 Å². The molecule has 0 amide bonds. The van der Waals surface area contributed by atoms with E-state index < -0.39 is 24.0 Å². The Hall–Kier alpha value is -1.42. The van der Waals surface area contributed by atoms with Crippen LogP contribution in [-0.2, 0) is 11.2 Å². The van der Waals surface area contributed by atoms with E-state index in [0.29, 0.717) is 18.1 Å². The van der Waals surface area contributed by atoms with Gasteiger partial charge in [0.25, 0.3) is 0 Å². The summed E-state index contributed by atoms with van der Waals surface area (Å²) >= 11 is 0. The molecule has 3 fully saturated rings. The normalized spacial score (nSPS) is 41.1. The van der Waals surface area contributed by atoms with Crippen LogP contribution in [0.15, 0.2) is 18.2 Å². The number of hydrogen-bond acceptors (Lipinski definition) is 8. The molecule has 4 aliphatic rings. The van der Waals surface area contributed by atoms with Crippen molar-refractivity contribution in [3.8, 4) is 11.5 Å². The summed E-state index contributed by atoms with van der Waals surface area (Å²) in [5.74, 6) is 1.94. The molecule has 0 spiro atoms. The lowest BCUT2D eigenvalue weighted by atomic mass is 9.90. The number of nitrogens with zero attached hydrogens (tertiary/aromatic N) is 1. The number of nitrogens with one attached hydrogen (secondary N) is 2. The van der Waals surface area contributed by atoms with E-state index in [2.05, 4.69) is 15.5 Å². The lowest BCUT2D eigenvalue weighted by Crippen LogP contribution is -2.59. The molecule has 3 saturated heterocycles. The van der Waals surface area contributed by atoms with Gasteiger partial charge in [-0.1, -0.05) is 6.07 Å². The van der Waals surface area contributed by atoms with Gasteiger partial charge in [-0.15, -0.1) is 0 Å². The third-order valence-corrected chi connectivity index (χ3v) is 6.41. The van der Waals surface area contributed by atoms with Gasteiger partial charge < -0.3 is 29.7 Å². The van der Waals surface area contributed by atoms with E-state index in [9.17, 15) is 10.2 Å². The Morgan fingerprint density at radius 1 is 1.30 bits per heavy atom. The molecule has 2 unspecified atom stereocenters. The fourth-order valence-corrected chi connectivity index (χ4v) is 4.76. The highest BCUT2D eigenvalue weighted by molar-refractivity contribution is 5.44. The summed E-state index contributed by atoms with van der Waals surface area (Å²) in [6, 6.07) is 5.74. The highest BCUT2D eigenvalue weighted by Crippen LogP contribution is 2.39. The van der Waals surface area contributed by atoms with Crippen LogP contribution >= 0.6 is 0 Å². The van der Waals surface area contributed by atoms with Crippen molar-refractivity contribution in [3.05, 3.63) is 23.8 Å². The summed E-state index contributed by atoms with van der Waals surface area (Å²) in [6.07, 6.45) is -0.267. The number of aliphatic hydroxyl groups excluding tert-OH is 1. The molecule has 4 heterocycles. The molecule has 148 valence electrons. The second-order valence-electron chi connectivity index (χ2n) is 8.14. The van der Waals surface area contributed by atoms with E-state index in [4.69, 9.17) is 14.2 Å². The zero-order valence-electron chi connectivity index (χ0n) is 15.4. The summed E-state index contributed by atoms with van der Waals surface area (Å²) in [4.78, 5) is 2.17. The number of rotatable bonds is 3. The number of benzene rings is 1. The average Bonchev–Trinajstić information content (AvgIpc) is 3.35. The number of aliphatic hydroxyl groups is 2. The van der Waals surface area contributed by atoms with Gasteiger partial charge in [0.1, 0.15) is 17.9 Å². The first-order chi connectivity index (χ1) is 13.0. The van der Waals surface area contributed by atoms with Gasteiger partial charge in [0, 0.05) is 32.1 Å². The molecular weight excluding hydrogens is 350 g/mol. The maximum atomic E-state index is 11.0. The number of ether oxygens (including phenoxy) is 3. The SMILES string of the molecule is C[C@@]1(O)[C@@H](Cc2ccc3c(c2)OCO3)O[C@@H](N2CCC3CNCNC32)[C@@H]1O. The van der Waals surface area contributed by atoms with E-state index in [1.54, 1.807) is 6.92 Å². The monoisotopic (exact) mass is 377 g/mol. The minimum Gasteiger partial charge on any atom is -0.454 e. The Labute approximate surface area is 158 Å². The largest absolute Gasteiger partial charge is 0.454 e. The van der Waals surface area contributed by atoms with Crippen molar-refractivity contribution in [2.45, 2.75) is 50.0 Å². The maximum Gasteiger partial charge on any atom is 0.231 e. The summed E-state index contributed by atoms with van der Waals surface area (Å²) in [6.45, 7) is 4.46. The topological polar surface area (TPSA) is 95.5 Å². The van der Waals surface area contributed by atoms with Gasteiger partial charge in [-0.3, -0.25) is 10.2 Å². The highest BCUT2D eigenvalue weighted by atomic mass is 16.7. The van der Waals surface area contributed by atoms with Crippen LogP contribution in [0.2, 0.25) is 0 Å². The Morgan fingerprint density at radius 3 is 3.04 bits per heavy atom. The van der Waals surface area contributed by atoms with Crippen LogP contribution < -0.4 is 20.1 Å². The van der Waals surface area contributed by atoms with Crippen molar-refractivity contribution in [1.29, 1.82) is 0 Å². The Kier molecular flexibility index (Phi) is 4.30. The second-order valence-corrected chi connectivity index (χ2v) is 8.14. The molecule has 0 saturated carbocycles. The zero-order valence-corrected chi connectivity index (χ0v) is 15.4. The van der Waals surface area contributed by atoms with Crippen molar-refractivity contribution < 1.29 is 24.4 Å². The van der Waals surface area contributed by atoms with Crippen LogP contribution in [0.4, 0.5) is 0 Å². The quantitative estimate of drug-likeness (QED) is 0.565. The molecule has 0 aliphatic carbocycles. The minimum atomic E-state index is -1.33. The molecule has 1 aromatic rings. The number of hydrogen-bond donors (Lipinski definition) is 4. The molecule has 4 aliphatic heterocycles. The molecule has 0 radical (unpaired) electrons. The van der Waals surface area contributed by atoms with E-state index in [-0.39, 0.29) is 13.0 Å². The first kappa shape index (κ1) is 17.7. The molecule has 6 atom stereocenters. The summed E-state index contributed by atoms with van der Waals surface area (Å²) in [5.41, 5.74) is -0.344. The van der Waals surface area contributed by atoms with E-state index in [0.717, 1.165) is 37.5 Å². The number of likely N-dealkylation sites (tertiary alicyclic amines) is 1. The molecule has 8 heteroatoms. The maximum absolute atomic E-state index is 11.0. The van der Waals surface area contributed by atoms with Gasteiger partial charge in [-0.25, -0.2) is 0 Å². The van der Waals surface area contributed by atoms with Crippen LogP contribution in [0, 0.1) is 5.92 Å². The first-order valence-electron chi connectivity index (χ1n) is 9.68. The third kappa shape index (κ3) is 2.91. The van der Waals surface area contributed by atoms with E-state index >= 15 is 0 Å². The standard InChI is InChI=1S/C19H27N3O5/c1-19(24)15(7-11-2-3-13-14(6-11)26-10-25-13)27-18(16(19)23)22-5-4-12-8-20-9-21-17(12)22/h2-3,6,12,15-18,20-21,23-24H,4-5,7-10H2,1H3/t12?,15-,16+,17?,18-,19-/m1/s1. The van der Waals surface area contributed by atoms with Crippen molar-refractivity contribution in [2.24, 2.45) is 5.92 Å². The van der Waals surface area contributed by atoms with Crippen molar-refractivity contribution in [3.63, 3.8) is 0 Å². The van der Waals surface area contributed by atoms with Gasteiger partial charge in [0.05, 0.1) is 12.3 Å². The zero-order chi connectivity index (χ0) is 18.6. The van der Waals surface area contributed by atoms with Crippen LogP contribution in [-0.4, -0.2) is 71.9 Å². The molecule has 5 rings (SSSR count). The van der Waals surface area contributed by atoms with Gasteiger partial charge in [-0.05, 0) is 31.0 Å². The lowest BCUT2D eigenvalue weighted by molar-refractivity contribution is -0.104. The molecule has 27 heavy (non-hydrogen) atoms.